The third-order valence-electron chi connectivity index (χ3n) is 5.00. The van der Waals surface area contributed by atoms with Crippen molar-refractivity contribution in [3.63, 3.8) is 0 Å². The number of fused-ring (bicyclic) bond motifs is 1. The van der Waals surface area contributed by atoms with Gasteiger partial charge in [0, 0.05) is 30.6 Å². The summed E-state index contributed by atoms with van der Waals surface area (Å²) in [5, 5.41) is 14.6. The minimum Gasteiger partial charge on any atom is -0.459 e. The van der Waals surface area contributed by atoms with E-state index in [1.54, 1.807) is 0 Å². The van der Waals surface area contributed by atoms with Crippen molar-refractivity contribution in [3.05, 3.63) is 36.1 Å². The molecular weight excluding hydrogens is 290 g/mol. The average Bonchev–Trinajstić information content (AvgIpc) is 2.99. The largest absolute Gasteiger partial charge is 0.459 e. The fourth-order valence-corrected chi connectivity index (χ4v) is 3.34. The van der Waals surface area contributed by atoms with Crippen LogP contribution in [0.1, 0.15) is 38.5 Å². The molecule has 0 spiro atoms. The monoisotopic (exact) mass is 317 g/mol. The Hall–Kier alpha value is -1.36. The Labute approximate surface area is 137 Å². The van der Waals surface area contributed by atoms with Gasteiger partial charge in [0.25, 0.3) is 0 Å². The lowest BCUT2D eigenvalue weighted by Gasteiger charge is -2.37. The van der Waals surface area contributed by atoms with Gasteiger partial charge in [0.05, 0.1) is 12.6 Å². The molecule has 2 heterocycles. The average molecular weight is 317 g/mol. The molecule has 4 nitrogen and oxygen atoms in total. The number of ether oxygens (including phenoxy) is 1. The first-order chi connectivity index (χ1) is 11.1. The number of nitrogens with one attached hydrogen (secondary N) is 1. The quantitative estimate of drug-likeness (QED) is 0.856. The van der Waals surface area contributed by atoms with E-state index >= 15 is 0 Å². The molecule has 0 bridgehead atoms. The van der Waals surface area contributed by atoms with E-state index < -0.39 is 0 Å². The van der Waals surface area contributed by atoms with E-state index in [2.05, 4.69) is 31.3 Å². The van der Waals surface area contributed by atoms with E-state index in [1.807, 2.05) is 18.2 Å². The van der Waals surface area contributed by atoms with Crippen molar-refractivity contribution in [2.75, 3.05) is 26.4 Å². The molecule has 1 unspecified atom stereocenters. The lowest BCUT2D eigenvalue weighted by Crippen LogP contribution is -2.43. The first kappa shape index (κ1) is 16.5. The van der Waals surface area contributed by atoms with Crippen LogP contribution in [0.5, 0.6) is 0 Å². The molecule has 3 rings (SSSR count). The molecule has 4 heteroatoms. The minimum atomic E-state index is -0.0720. The van der Waals surface area contributed by atoms with Gasteiger partial charge in [-0.3, -0.25) is 0 Å². The normalized spacial score (nSPS) is 19.3. The Morgan fingerprint density at radius 3 is 2.61 bits per heavy atom. The van der Waals surface area contributed by atoms with Crippen LogP contribution >= 0.6 is 0 Å². The Bertz CT molecular complexity index is 595. The molecule has 2 N–H and O–H groups in total. The standard InChI is InChI=1S/C19H27NO3/c1-14(2)18(17-11-15-5-3-4-6-16(15)23-17)20-12-19(13-21)7-9-22-10-8-19/h3-6,11,14,18,20-21H,7-10,12-13H2,1-2H3. The van der Waals surface area contributed by atoms with Gasteiger partial charge in [-0.1, -0.05) is 32.0 Å². The second kappa shape index (κ2) is 7.04. The first-order valence-electron chi connectivity index (χ1n) is 8.54. The van der Waals surface area contributed by atoms with Gasteiger partial charge >= 0.3 is 0 Å². The van der Waals surface area contributed by atoms with Crippen molar-refractivity contribution in [1.29, 1.82) is 0 Å². The van der Waals surface area contributed by atoms with Gasteiger partial charge in [-0.05, 0) is 30.9 Å². The summed E-state index contributed by atoms with van der Waals surface area (Å²) in [5.41, 5.74) is 0.857. The van der Waals surface area contributed by atoms with Crippen molar-refractivity contribution < 1.29 is 14.3 Å². The maximum absolute atomic E-state index is 9.86. The molecule has 2 aromatic rings. The highest BCUT2D eigenvalue weighted by Crippen LogP contribution is 2.32. The summed E-state index contributed by atoms with van der Waals surface area (Å²) in [6.45, 7) is 6.85. The topological polar surface area (TPSA) is 54.6 Å². The van der Waals surface area contributed by atoms with Crippen molar-refractivity contribution in [2.45, 2.75) is 32.7 Å². The van der Waals surface area contributed by atoms with Crippen LogP contribution in [0.3, 0.4) is 0 Å². The van der Waals surface area contributed by atoms with Crippen LogP contribution in [0, 0.1) is 11.3 Å². The number of benzene rings is 1. The highest BCUT2D eigenvalue weighted by Gasteiger charge is 2.33. The SMILES string of the molecule is CC(C)C(NCC1(CO)CCOCC1)c1cc2ccccc2o1. The number of furan rings is 1. The number of hydrogen-bond acceptors (Lipinski definition) is 4. The summed E-state index contributed by atoms with van der Waals surface area (Å²) in [7, 11) is 0. The van der Waals surface area contributed by atoms with Crippen LogP contribution in [0.15, 0.2) is 34.7 Å². The third kappa shape index (κ3) is 3.60. The maximum Gasteiger partial charge on any atom is 0.134 e. The van der Waals surface area contributed by atoms with Crippen LogP contribution in [0.4, 0.5) is 0 Å². The zero-order chi connectivity index (χ0) is 16.3. The van der Waals surface area contributed by atoms with Gasteiger partial charge in [-0.15, -0.1) is 0 Å². The number of para-hydroxylation sites is 1. The molecule has 0 saturated carbocycles. The van der Waals surface area contributed by atoms with Crippen LogP contribution in [-0.4, -0.2) is 31.5 Å². The van der Waals surface area contributed by atoms with Gasteiger partial charge < -0.3 is 19.6 Å². The van der Waals surface area contributed by atoms with E-state index in [0.717, 1.165) is 49.3 Å². The van der Waals surface area contributed by atoms with Crippen molar-refractivity contribution in [3.8, 4) is 0 Å². The molecule has 1 atom stereocenters. The van der Waals surface area contributed by atoms with Crippen LogP contribution in [0.2, 0.25) is 0 Å². The molecule has 1 saturated heterocycles. The van der Waals surface area contributed by atoms with E-state index in [0.29, 0.717) is 5.92 Å². The second-order valence-corrected chi connectivity index (χ2v) is 7.06. The Balaban J connectivity index is 1.76. The number of rotatable bonds is 6. The highest BCUT2D eigenvalue weighted by molar-refractivity contribution is 5.77. The lowest BCUT2D eigenvalue weighted by atomic mass is 9.80. The Morgan fingerprint density at radius 2 is 1.96 bits per heavy atom. The molecule has 1 aromatic heterocycles. The van der Waals surface area contributed by atoms with Gasteiger partial charge in [-0.25, -0.2) is 0 Å². The molecular formula is C19H27NO3. The van der Waals surface area contributed by atoms with Gasteiger partial charge in [-0.2, -0.15) is 0 Å². The summed E-state index contributed by atoms with van der Waals surface area (Å²) in [6.07, 6.45) is 1.81. The van der Waals surface area contributed by atoms with Crippen LogP contribution in [-0.2, 0) is 4.74 Å². The molecule has 1 aliphatic rings. The molecule has 0 aliphatic carbocycles. The van der Waals surface area contributed by atoms with Crippen molar-refractivity contribution in [2.24, 2.45) is 11.3 Å². The molecule has 23 heavy (non-hydrogen) atoms. The maximum atomic E-state index is 9.86. The lowest BCUT2D eigenvalue weighted by molar-refractivity contribution is -0.0175. The van der Waals surface area contributed by atoms with Crippen LogP contribution < -0.4 is 5.32 Å². The molecule has 1 aliphatic heterocycles. The zero-order valence-electron chi connectivity index (χ0n) is 14.0. The summed E-state index contributed by atoms with van der Waals surface area (Å²) in [5.74, 6) is 1.38. The molecule has 1 fully saturated rings. The fourth-order valence-electron chi connectivity index (χ4n) is 3.34. The second-order valence-electron chi connectivity index (χ2n) is 7.06. The van der Waals surface area contributed by atoms with E-state index in [-0.39, 0.29) is 18.1 Å². The summed E-state index contributed by atoms with van der Waals surface area (Å²) in [6, 6.07) is 10.4. The van der Waals surface area contributed by atoms with Gasteiger partial charge in [0.15, 0.2) is 0 Å². The van der Waals surface area contributed by atoms with Gasteiger partial charge in [0.1, 0.15) is 11.3 Å². The minimum absolute atomic E-state index is 0.0720. The zero-order valence-corrected chi connectivity index (χ0v) is 14.0. The summed E-state index contributed by atoms with van der Waals surface area (Å²) in [4.78, 5) is 0. The number of aliphatic hydroxyl groups is 1. The number of hydrogen-bond donors (Lipinski definition) is 2. The van der Waals surface area contributed by atoms with Crippen LogP contribution in [0.25, 0.3) is 11.0 Å². The Morgan fingerprint density at radius 1 is 1.22 bits per heavy atom. The molecule has 0 radical (unpaired) electrons. The smallest absolute Gasteiger partial charge is 0.134 e. The third-order valence-corrected chi connectivity index (χ3v) is 5.00. The summed E-state index contributed by atoms with van der Waals surface area (Å²) < 4.78 is 11.5. The summed E-state index contributed by atoms with van der Waals surface area (Å²) >= 11 is 0. The van der Waals surface area contributed by atoms with E-state index in [4.69, 9.17) is 9.15 Å². The van der Waals surface area contributed by atoms with Crippen molar-refractivity contribution >= 4 is 11.0 Å². The van der Waals surface area contributed by atoms with E-state index in [1.165, 1.54) is 0 Å². The molecule has 1 aromatic carbocycles. The van der Waals surface area contributed by atoms with E-state index in [9.17, 15) is 5.11 Å². The number of aliphatic hydroxyl groups excluding tert-OH is 1. The molecule has 0 amide bonds. The predicted molar refractivity (Wildman–Crippen MR) is 91.4 cm³/mol. The Kier molecular flexibility index (Phi) is 5.05. The van der Waals surface area contributed by atoms with Gasteiger partial charge in [0.2, 0.25) is 0 Å². The highest BCUT2D eigenvalue weighted by atomic mass is 16.5. The predicted octanol–water partition coefficient (Wildman–Crippen LogP) is 3.51. The first-order valence-corrected chi connectivity index (χ1v) is 8.54. The molecule has 126 valence electrons. The van der Waals surface area contributed by atoms with Crippen molar-refractivity contribution in [1.82, 2.24) is 5.32 Å². The fraction of sp³-hybridized carbons (Fsp3) is 0.579.